The fourth-order valence-corrected chi connectivity index (χ4v) is 1.25. The predicted octanol–water partition coefficient (Wildman–Crippen LogP) is 0.692. The number of rotatable bonds is 5. The van der Waals surface area contributed by atoms with E-state index in [0.29, 0.717) is 6.42 Å². The predicted molar refractivity (Wildman–Crippen MR) is 59.0 cm³/mol. The van der Waals surface area contributed by atoms with Crippen LogP contribution in [0.5, 0.6) is 11.5 Å². The van der Waals surface area contributed by atoms with Crippen LogP contribution in [0, 0.1) is 0 Å². The number of carboxylic acid groups (broad SMARTS) is 1. The standard InChI is InChI=1S/C11H13NO5/c13-7-3-4-8(9(14)6-7)11(17)12-5-1-2-10(15)16/h3-4,6,13-14H,1-2,5H2,(H,12,17)(H,15,16). The molecular formula is C11H13NO5. The molecule has 1 amide bonds. The number of benzene rings is 1. The molecule has 1 aromatic carbocycles. The van der Waals surface area contributed by atoms with Crippen molar-refractivity contribution in [3.05, 3.63) is 23.8 Å². The van der Waals surface area contributed by atoms with Crippen molar-refractivity contribution >= 4 is 11.9 Å². The number of carboxylic acids is 1. The number of aromatic hydroxyl groups is 2. The summed E-state index contributed by atoms with van der Waals surface area (Å²) < 4.78 is 0. The fraction of sp³-hybridized carbons (Fsp3) is 0.273. The molecule has 1 aromatic rings. The lowest BCUT2D eigenvalue weighted by atomic mass is 10.1. The normalized spacial score (nSPS) is 9.88. The molecule has 0 unspecified atom stereocenters. The van der Waals surface area contributed by atoms with Crippen molar-refractivity contribution in [2.45, 2.75) is 12.8 Å². The number of nitrogens with one attached hydrogen (secondary N) is 1. The second-order valence-electron chi connectivity index (χ2n) is 3.45. The molecule has 0 aromatic heterocycles. The van der Waals surface area contributed by atoms with Crippen LogP contribution in [0.3, 0.4) is 0 Å². The summed E-state index contributed by atoms with van der Waals surface area (Å²) in [5.74, 6) is -1.88. The van der Waals surface area contributed by atoms with Gasteiger partial charge in [0.2, 0.25) is 0 Å². The lowest BCUT2D eigenvalue weighted by molar-refractivity contribution is -0.137. The number of carbonyl (C=O) groups excluding carboxylic acids is 1. The SMILES string of the molecule is O=C(O)CCCNC(=O)c1ccc(O)cc1O. The molecule has 92 valence electrons. The molecule has 0 aliphatic rings. The lowest BCUT2D eigenvalue weighted by Crippen LogP contribution is -2.24. The number of carbonyl (C=O) groups is 2. The van der Waals surface area contributed by atoms with E-state index in [1.165, 1.54) is 12.1 Å². The van der Waals surface area contributed by atoms with E-state index in [4.69, 9.17) is 10.2 Å². The van der Waals surface area contributed by atoms with Gasteiger partial charge in [-0.1, -0.05) is 0 Å². The molecular weight excluding hydrogens is 226 g/mol. The second-order valence-corrected chi connectivity index (χ2v) is 3.45. The molecule has 0 aliphatic carbocycles. The van der Waals surface area contributed by atoms with Crippen LogP contribution < -0.4 is 5.32 Å². The number of phenols is 2. The minimum atomic E-state index is -0.924. The molecule has 4 N–H and O–H groups in total. The van der Waals surface area contributed by atoms with Gasteiger partial charge in [0.05, 0.1) is 5.56 Å². The summed E-state index contributed by atoms with van der Waals surface area (Å²) in [4.78, 5) is 21.7. The van der Waals surface area contributed by atoms with E-state index in [2.05, 4.69) is 5.32 Å². The van der Waals surface area contributed by atoms with Gasteiger partial charge >= 0.3 is 5.97 Å². The third-order valence-corrected chi connectivity index (χ3v) is 2.08. The van der Waals surface area contributed by atoms with E-state index in [1.54, 1.807) is 0 Å². The van der Waals surface area contributed by atoms with E-state index >= 15 is 0 Å². The van der Waals surface area contributed by atoms with E-state index in [-0.39, 0.29) is 30.0 Å². The van der Waals surface area contributed by atoms with Crippen molar-refractivity contribution in [2.75, 3.05) is 6.54 Å². The molecule has 0 atom stereocenters. The summed E-state index contributed by atoms with van der Waals surface area (Å²) in [6, 6.07) is 3.63. The van der Waals surface area contributed by atoms with Crippen LogP contribution in [0.2, 0.25) is 0 Å². The Balaban J connectivity index is 2.50. The van der Waals surface area contributed by atoms with Gasteiger partial charge in [-0.2, -0.15) is 0 Å². The van der Waals surface area contributed by atoms with Gasteiger partial charge in [-0.3, -0.25) is 9.59 Å². The zero-order valence-electron chi connectivity index (χ0n) is 9.01. The maximum absolute atomic E-state index is 11.5. The summed E-state index contributed by atoms with van der Waals surface area (Å²) in [6.45, 7) is 0.214. The Kier molecular flexibility index (Phi) is 4.33. The van der Waals surface area contributed by atoms with Crippen LogP contribution in [-0.2, 0) is 4.79 Å². The van der Waals surface area contributed by atoms with Crippen LogP contribution in [0.25, 0.3) is 0 Å². The summed E-state index contributed by atoms with van der Waals surface area (Å²) in [5, 5.41) is 29.3. The van der Waals surface area contributed by atoms with Crippen molar-refractivity contribution < 1.29 is 24.9 Å². The second kappa shape index (κ2) is 5.74. The van der Waals surface area contributed by atoms with Gasteiger partial charge < -0.3 is 20.6 Å². The zero-order valence-corrected chi connectivity index (χ0v) is 9.01. The largest absolute Gasteiger partial charge is 0.508 e. The van der Waals surface area contributed by atoms with E-state index in [0.717, 1.165) is 6.07 Å². The average Bonchev–Trinajstić information content (AvgIpc) is 2.23. The van der Waals surface area contributed by atoms with Crippen LogP contribution in [0.15, 0.2) is 18.2 Å². The minimum Gasteiger partial charge on any atom is -0.508 e. The summed E-state index contributed by atoms with van der Waals surface area (Å²) in [7, 11) is 0. The zero-order chi connectivity index (χ0) is 12.8. The number of hydrogen-bond donors (Lipinski definition) is 4. The Morgan fingerprint density at radius 2 is 1.94 bits per heavy atom. The Morgan fingerprint density at radius 1 is 1.24 bits per heavy atom. The van der Waals surface area contributed by atoms with E-state index in [1.807, 2.05) is 0 Å². The summed E-state index contributed by atoms with van der Waals surface area (Å²) in [5.41, 5.74) is 0.0399. The first kappa shape index (κ1) is 12.8. The Hall–Kier alpha value is -2.24. The first-order chi connectivity index (χ1) is 8.00. The van der Waals surface area contributed by atoms with Crippen LogP contribution in [-0.4, -0.2) is 33.7 Å². The molecule has 17 heavy (non-hydrogen) atoms. The number of amides is 1. The molecule has 0 fully saturated rings. The van der Waals surface area contributed by atoms with Crippen molar-refractivity contribution in [1.29, 1.82) is 0 Å². The minimum absolute atomic E-state index is 0.0260. The third kappa shape index (κ3) is 4.02. The fourth-order valence-electron chi connectivity index (χ4n) is 1.25. The number of hydrogen-bond acceptors (Lipinski definition) is 4. The van der Waals surface area contributed by atoms with Gasteiger partial charge in [-0.25, -0.2) is 0 Å². The van der Waals surface area contributed by atoms with Crippen molar-refractivity contribution in [3.8, 4) is 11.5 Å². The van der Waals surface area contributed by atoms with E-state index < -0.39 is 11.9 Å². The van der Waals surface area contributed by atoms with Gasteiger partial charge in [0.1, 0.15) is 11.5 Å². The number of phenolic OH excluding ortho intramolecular Hbond substituents is 2. The molecule has 6 nitrogen and oxygen atoms in total. The third-order valence-electron chi connectivity index (χ3n) is 2.08. The lowest BCUT2D eigenvalue weighted by Gasteiger charge is -2.06. The van der Waals surface area contributed by atoms with Gasteiger partial charge in [0, 0.05) is 19.0 Å². The topological polar surface area (TPSA) is 107 Å². The molecule has 0 saturated heterocycles. The maximum atomic E-state index is 11.5. The van der Waals surface area contributed by atoms with Crippen LogP contribution in [0.1, 0.15) is 23.2 Å². The highest BCUT2D eigenvalue weighted by molar-refractivity contribution is 5.96. The van der Waals surface area contributed by atoms with Crippen LogP contribution >= 0.6 is 0 Å². The maximum Gasteiger partial charge on any atom is 0.303 e. The van der Waals surface area contributed by atoms with Crippen molar-refractivity contribution in [2.24, 2.45) is 0 Å². The average molecular weight is 239 g/mol. The molecule has 0 bridgehead atoms. The van der Waals surface area contributed by atoms with Crippen molar-refractivity contribution in [3.63, 3.8) is 0 Å². The smallest absolute Gasteiger partial charge is 0.303 e. The molecule has 0 spiro atoms. The van der Waals surface area contributed by atoms with Gasteiger partial charge in [0.25, 0.3) is 5.91 Å². The Labute approximate surface area is 97.5 Å². The highest BCUT2D eigenvalue weighted by Crippen LogP contribution is 2.22. The molecule has 0 saturated carbocycles. The van der Waals surface area contributed by atoms with Crippen LogP contribution in [0.4, 0.5) is 0 Å². The molecule has 1 rings (SSSR count). The summed E-state index contributed by atoms with van der Waals surface area (Å²) >= 11 is 0. The monoisotopic (exact) mass is 239 g/mol. The Morgan fingerprint density at radius 3 is 2.53 bits per heavy atom. The first-order valence-electron chi connectivity index (χ1n) is 5.02. The highest BCUT2D eigenvalue weighted by atomic mass is 16.4. The number of aliphatic carboxylic acids is 1. The van der Waals surface area contributed by atoms with Gasteiger partial charge in [0.15, 0.2) is 0 Å². The quantitative estimate of drug-likeness (QED) is 0.565. The summed E-state index contributed by atoms with van der Waals surface area (Å²) in [6.07, 6.45) is 0.293. The van der Waals surface area contributed by atoms with E-state index in [9.17, 15) is 14.7 Å². The molecule has 0 heterocycles. The first-order valence-corrected chi connectivity index (χ1v) is 5.02. The van der Waals surface area contributed by atoms with Gasteiger partial charge in [-0.15, -0.1) is 0 Å². The molecule has 0 radical (unpaired) electrons. The van der Waals surface area contributed by atoms with Crippen molar-refractivity contribution in [1.82, 2.24) is 5.32 Å². The molecule has 6 heteroatoms. The van der Waals surface area contributed by atoms with Gasteiger partial charge in [-0.05, 0) is 18.6 Å². The Bertz CT molecular complexity index is 430. The highest BCUT2D eigenvalue weighted by Gasteiger charge is 2.10. The molecule has 0 aliphatic heterocycles.